The molecule has 0 aliphatic carbocycles. The van der Waals surface area contributed by atoms with Crippen LogP contribution in [0.5, 0.6) is 0 Å². The second-order valence-electron chi connectivity index (χ2n) is 4.34. The molecule has 0 heterocycles. The second-order valence-corrected chi connectivity index (χ2v) is 5.26. The molecule has 0 aliphatic heterocycles. The van der Waals surface area contributed by atoms with Gasteiger partial charge in [-0.1, -0.05) is 28.1 Å². The molecule has 0 spiro atoms. The van der Waals surface area contributed by atoms with E-state index in [9.17, 15) is 9.18 Å². The SMILES string of the molecule is Cc1cc(Br)ccc1NC(=O)CNc1ccccc1F. The highest BCUT2D eigenvalue weighted by atomic mass is 79.9. The number of nitrogens with one attached hydrogen (secondary N) is 2. The number of anilines is 2. The van der Waals surface area contributed by atoms with Crippen molar-refractivity contribution in [3.63, 3.8) is 0 Å². The molecule has 0 fully saturated rings. The zero-order valence-electron chi connectivity index (χ0n) is 10.9. The average Bonchev–Trinajstić information content (AvgIpc) is 2.41. The number of aryl methyl sites for hydroxylation is 1. The van der Waals surface area contributed by atoms with E-state index < -0.39 is 0 Å². The van der Waals surface area contributed by atoms with Gasteiger partial charge in [0.15, 0.2) is 0 Å². The van der Waals surface area contributed by atoms with E-state index in [2.05, 4.69) is 26.6 Å². The van der Waals surface area contributed by atoms with Crippen LogP contribution in [0.4, 0.5) is 15.8 Å². The molecule has 2 rings (SSSR count). The van der Waals surface area contributed by atoms with Crippen LogP contribution in [0.2, 0.25) is 0 Å². The highest BCUT2D eigenvalue weighted by Crippen LogP contribution is 2.20. The van der Waals surface area contributed by atoms with Crippen molar-refractivity contribution in [1.29, 1.82) is 0 Å². The largest absolute Gasteiger partial charge is 0.374 e. The summed E-state index contributed by atoms with van der Waals surface area (Å²) in [5.41, 5.74) is 2.02. The Bertz CT molecular complexity index is 631. The molecule has 5 heteroatoms. The molecule has 0 atom stereocenters. The third-order valence-electron chi connectivity index (χ3n) is 2.78. The lowest BCUT2D eigenvalue weighted by Gasteiger charge is -2.10. The van der Waals surface area contributed by atoms with Crippen LogP contribution >= 0.6 is 15.9 Å². The van der Waals surface area contributed by atoms with Crippen molar-refractivity contribution in [3.05, 3.63) is 58.3 Å². The van der Waals surface area contributed by atoms with Crippen molar-refractivity contribution < 1.29 is 9.18 Å². The smallest absolute Gasteiger partial charge is 0.243 e. The Kier molecular flexibility index (Phi) is 4.74. The summed E-state index contributed by atoms with van der Waals surface area (Å²) in [5.74, 6) is -0.598. The molecule has 0 unspecified atom stereocenters. The molecule has 1 amide bonds. The molecule has 0 radical (unpaired) electrons. The zero-order chi connectivity index (χ0) is 14.5. The number of carbonyl (C=O) groups is 1. The van der Waals surface area contributed by atoms with Crippen molar-refractivity contribution in [3.8, 4) is 0 Å². The summed E-state index contributed by atoms with van der Waals surface area (Å²) in [6.45, 7) is 1.92. The van der Waals surface area contributed by atoms with Gasteiger partial charge in [0.1, 0.15) is 5.82 Å². The lowest BCUT2D eigenvalue weighted by atomic mass is 10.2. The molecular formula is C15H14BrFN2O. The maximum Gasteiger partial charge on any atom is 0.243 e. The van der Waals surface area contributed by atoms with Crippen molar-refractivity contribution in [2.75, 3.05) is 17.2 Å². The number of rotatable bonds is 4. The number of benzene rings is 2. The van der Waals surface area contributed by atoms with Crippen molar-refractivity contribution >= 4 is 33.2 Å². The third-order valence-corrected chi connectivity index (χ3v) is 3.27. The van der Waals surface area contributed by atoms with E-state index in [1.54, 1.807) is 18.2 Å². The fraction of sp³-hybridized carbons (Fsp3) is 0.133. The Morgan fingerprint density at radius 2 is 1.95 bits per heavy atom. The number of hydrogen-bond acceptors (Lipinski definition) is 2. The lowest BCUT2D eigenvalue weighted by Crippen LogP contribution is -2.22. The van der Waals surface area contributed by atoms with Crippen LogP contribution in [0.15, 0.2) is 46.9 Å². The Labute approximate surface area is 125 Å². The summed E-state index contributed by atoms with van der Waals surface area (Å²) in [4.78, 5) is 11.8. The highest BCUT2D eigenvalue weighted by molar-refractivity contribution is 9.10. The van der Waals surface area contributed by atoms with Crippen LogP contribution in [0.3, 0.4) is 0 Å². The number of hydrogen-bond donors (Lipinski definition) is 2. The molecule has 2 aromatic carbocycles. The fourth-order valence-electron chi connectivity index (χ4n) is 1.74. The van der Waals surface area contributed by atoms with Gasteiger partial charge in [0.25, 0.3) is 0 Å². The van der Waals surface area contributed by atoms with E-state index in [1.165, 1.54) is 6.07 Å². The van der Waals surface area contributed by atoms with Gasteiger partial charge < -0.3 is 10.6 Å². The molecule has 0 saturated heterocycles. The molecule has 0 saturated carbocycles. The average molecular weight is 337 g/mol. The first-order chi connectivity index (χ1) is 9.56. The third kappa shape index (κ3) is 3.81. The predicted molar refractivity (Wildman–Crippen MR) is 82.4 cm³/mol. The van der Waals surface area contributed by atoms with Crippen LogP contribution in [0, 0.1) is 12.7 Å². The van der Waals surface area contributed by atoms with Gasteiger partial charge in [-0.15, -0.1) is 0 Å². The highest BCUT2D eigenvalue weighted by Gasteiger charge is 2.06. The van der Waals surface area contributed by atoms with Gasteiger partial charge in [0.2, 0.25) is 5.91 Å². The first-order valence-electron chi connectivity index (χ1n) is 6.10. The standard InChI is InChI=1S/C15H14BrFN2O/c1-10-8-11(16)6-7-13(10)19-15(20)9-18-14-5-3-2-4-12(14)17/h2-8,18H,9H2,1H3,(H,19,20). The molecule has 0 aliphatic rings. The van der Waals surface area contributed by atoms with E-state index >= 15 is 0 Å². The number of amides is 1. The first-order valence-corrected chi connectivity index (χ1v) is 6.90. The topological polar surface area (TPSA) is 41.1 Å². The molecule has 2 aromatic rings. The summed E-state index contributed by atoms with van der Waals surface area (Å²) in [7, 11) is 0. The summed E-state index contributed by atoms with van der Waals surface area (Å²) < 4.78 is 14.3. The molecular weight excluding hydrogens is 323 g/mol. The first kappa shape index (κ1) is 14.5. The Morgan fingerprint density at radius 3 is 2.65 bits per heavy atom. The number of para-hydroxylation sites is 1. The van der Waals surface area contributed by atoms with E-state index in [4.69, 9.17) is 0 Å². The maximum atomic E-state index is 13.4. The maximum absolute atomic E-state index is 13.4. The summed E-state index contributed by atoms with van der Waals surface area (Å²) in [5, 5.41) is 5.55. The minimum Gasteiger partial charge on any atom is -0.374 e. The van der Waals surface area contributed by atoms with Crippen molar-refractivity contribution in [1.82, 2.24) is 0 Å². The van der Waals surface area contributed by atoms with Crippen LogP contribution in [0.1, 0.15) is 5.56 Å². The fourth-order valence-corrected chi connectivity index (χ4v) is 2.22. The van der Waals surface area contributed by atoms with Gasteiger partial charge >= 0.3 is 0 Å². The minimum absolute atomic E-state index is 0.0104. The van der Waals surface area contributed by atoms with Crippen LogP contribution in [-0.2, 0) is 4.79 Å². The second kappa shape index (κ2) is 6.52. The molecule has 3 nitrogen and oxygen atoms in total. The van der Waals surface area contributed by atoms with E-state index in [1.807, 2.05) is 25.1 Å². The molecule has 2 N–H and O–H groups in total. The quantitative estimate of drug-likeness (QED) is 0.887. The van der Waals surface area contributed by atoms with E-state index in [-0.39, 0.29) is 18.3 Å². The van der Waals surface area contributed by atoms with Gasteiger partial charge in [-0.25, -0.2) is 4.39 Å². The number of carbonyl (C=O) groups excluding carboxylic acids is 1. The van der Waals surface area contributed by atoms with Crippen molar-refractivity contribution in [2.45, 2.75) is 6.92 Å². The van der Waals surface area contributed by atoms with Crippen molar-refractivity contribution in [2.24, 2.45) is 0 Å². The lowest BCUT2D eigenvalue weighted by molar-refractivity contribution is -0.114. The van der Waals surface area contributed by atoms with Gasteiger partial charge in [-0.3, -0.25) is 4.79 Å². The Hall–Kier alpha value is -1.88. The predicted octanol–water partition coefficient (Wildman–Crippen LogP) is 3.95. The summed E-state index contributed by atoms with van der Waals surface area (Å²) >= 11 is 3.37. The van der Waals surface area contributed by atoms with Crippen LogP contribution < -0.4 is 10.6 Å². The van der Waals surface area contributed by atoms with Gasteiger partial charge in [-0.2, -0.15) is 0 Å². The monoisotopic (exact) mass is 336 g/mol. The van der Waals surface area contributed by atoms with E-state index in [0.717, 1.165) is 15.7 Å². The summed E-state index contributed by atoms with van der Waals surface area (Å²) in [6, 6.07) is 11.8. The molecule has 20 heavy (non-hydrogen) atoms. The summed E-state index contributed by atoms with van der Waals surface area (Å²) in [6.07, 6.45) is 0. The Morgan fingerprint density at radius 1 is 1.20 bits per heavy atom. The normalized spacial score (nSPS) is 10.2. The minimum atomic E-state index is -0.375. The molecule has 0 bridgehead atoms. The zero-order valence-corrected chi connectivity index (χ0v) is 12.5. The van der Waals surface area contributed by atoms with Gasteiger partial charge in [0, 0.05) is 10.2 Å². The van der Waals surface area contributed by atoms with Crippen LogP contribution in [0.25, 0.3) is 0 Å². The van der Waals surface area contributed by atoms with Crippen LogP contribution in [-0.4, -0.2) is 12.5 Å². The van der Waals surface area contributed by atoms with Gasteiger partial charge in [-0.05, 0) is 42.8 Å². The molecule has 104 valence electrons. The number of halogens is 2. The Balaban J connectivity index is 1.94. The van der Waals surface area contributed by atoms with Gasteiger partial charge in [0.05, 0.1) is 12.2 Å². The molecule has 0 aromatic heterocycles. The van der Waals surface area contributed by atoms with E-state index in [0.29, 0.717) is 5.69 Å².